The van der Waals surface area contributed by atoms with Crippen LogP contribution in [0.3, 0.4) is 0 Å². The van der Waals surface area contributed by atoms with Gasteiger partial charge in [0.1, 0.15) is 11.7 Å². The van der Waals surface area contributed by atoms with Gasteiger partial charge in [0, 0.05) is 6.42 Å². The van der Waals surface area contributed by atoms with Gasteiger partial charge in [-0.05, 0) is 19.8 Å². The quantitative estimate of drug-likeness (QED) is 0.360. The average molecular weight is 200 g/mol. The van der Waals surface area contributed by atoms with E-state index in [4.69, 9.17) is 4.74 Å². The number of hydrogen-bond donors (Lipinski definition) is 0. The van der Waals surface area contributed by atoms with Crippen molar-refractivity contribution in [3.8, 4) is 0 Å². The molecule has 1 atom stereocenters. The normalized spacial score (nSPS) is 12.2. The molecule has 0 fully saturated rings. The highest BCUT2D eigenvalue weighted by Crippen LogP contribution is 2.06. The van der Waals surface area contributed by atoms with Crippen molar-refractivity contribution >= 4 is 11.8 Å². The molecule has 1 unspecified atom stereocenters. The minimum absolute atomic E-state index is 0.0194. The molecule has 0 saturated carbocycles. The first-order chi connectivity index (χ1) is 6.63. The lowest BCUT2D eigenvalue weighted by Crippen LogP contribution is -2.23. The molecule has 82 valence electrons. The van der Waals surface area contributed by atoms with Crippen molar-refractivity contribution in [2.24, 2.45) is 5.92 Å². The number of carbonyl (C=O) groups excluding carboxylic acids is 2. The first-order valence-electron chi connectivity index (χ1n) is 5.32. The van der Waals surface area contributed by atoms with Crippen molar-refractivity contribution in [3.05, 3.63) is 0 Å². The predicted octanol–water partition coefficient (Wildman–Crippen LogP) is 2.33. The average Bonchev–Trinajstić information content (AvgIpc) is 2.17. The van der Waals surface area contributed by atoms with Crippen molar-refractivity contribution in [1.29, 1.82) is 0 Å². The number of ketones is 1. The van der Waals surface area contributed by atoms with E-state index in [1.165, 1.54) is 0 Å². The molecule has 14 heavy (non-hydrogen) atoms. The van der Waals surface area contributed by atoms with Gasteiger partial charge in [-0.25, -0.2) is 0 Å². The number of carbonyl (C=O) groups is 2. The lowest BCUT2D eigenvalue weighted by Gasteiger charge is -2.09. The van der Waals surface area contributed by atoms with E-state index >= 15 is 0 Å². The zero-order valence-corrected chi connectivity index (χ0v) is 9.34. The minimum atomic E-state index is -0.591. The molecule has 0 radical (unpaired) electrons. The Morgan fingerprint density at radius 3 is 2.36 bits per heavy atom. The molecule has 0 N–H and O–H groups in total. The number of hydrogen-bond acceptors (Lipinski definition) is 3. The Hall–Kier alpha value is -0.860. The molecule has 3 heteroatoms. The van der Waals surface area contributed by atoms with Crippen LogP contribution >= 0.6 is 0 Å². The summed E-state index contributed by atoms with van der Waals surface area (Å²) in [6.07, 6.45) is 3.10. The molecule has 0 aliphatic rings. The van der Waals surface area contributed by atoms with Crippen LogP contribution in [-0.4, -0.2) is 18.4 Å². The van der Waals surface area contributed by atoms with Crippen LogP contribution in [-0.2, 0) is 14.3 Å². The van der Waals surface area contributed by atoms with E-state index < -0.39 is 5.92 Å². The van der Waals surface area contributed by atoms with Gasteiger partial charge in [0.25, 0.3) is 0 Å². The molecular formula is C11H20O3. The number of Topliss-reactive ketones (excluding diaryl/α,β-unsaturated/α-hetero) is 1. The second-order valence-corrected chi connectivity index (χ2v) is 3.46. The van der Waals surface area contributed by atoms with Gasteiger partial charge >= 0.3 is 5.97 Å². The highest BCUT2D eigenvalue weighted by Gasteiger charge is 2.21. The fourth-order valence-corrected chi connectivity index (χ4v) is 1.04. The summed E-state index contributed by atoms with van der Waals surface area (Å²) in [5.74, 6) is -0.988. The van der Waals surface area contributed by atoms with Gasteiger partial charge in [-0.15, -0.1) is 0 Å². The van der Waals surface area contributed by atoms with Crippen molar-refractivity contribution in [1.82, 2.24) is 0 Å². The number of rotatable bonds is 7. The van der Waals surface area contributed by atoms with Crippen LogP contribution < -0.4 is 0 Å². The topological polar surface area (TPSA) is 43.4 Å². The standard InChI is InChI=1S/C11H20O3/c1-4-6-8-14-11(13)9(3)10(12)7-5-2/h9H,4-8H2,1-3H3. The summed E-state index contributed by atoms with van der Waals surface area (Å²) in [5.41, 5.74) is 0. The zero-order chi connectivity index (χ0) is 11.0. The van der Waals surface area contributed by atoms with Crippen LogP contribution in [0.4, 0.5) is 0 Å². The highest BCUT2D eigenvalue weighted by atomic mass is 16.5. The summed E-state index contributed by atoms with van der Waals surface area (Å²) >= 11 is 0. The molecule has 0 rings (SSSR count). The minimum Gasteiger partial charge on any atom is -0.465 e. The van der Waals surface area contributed by atoms with Crippen LogP contribution in [0.15, 0.2) is 0 Å². The maximum Gasteiger partial charge on any atom is 0.316 e. The Morgan fingerprint density at radius 2 is 1.86 bits per heavy atom. The Labute approximate surface area is 85.8 Å². The maximum absolute atomic E-state index is 11.3. The lowest BCUT2D eigenvalue weighted by molar-refractivity contribution is -0.151. The first-order valence-corrected chi connectivity index (χ1v) is 5.32. The SMILES string of the molecule is CCCCOC(=O)C(C)C(=O)CCC. The second-order valence-electron chi connectivity index (χ2n) is 3.46. The molecule has 0 aliphatic heterocycles. The summed E-state index contributed by atoms with van der Waals surface area (Å²) in [6.45, 7) is 6.00. The van der Waals surface area contributed by atoms with Crippen molar-refractivity contribution < 1.29 is 14.3 Å². The fraction of sp³-hybridized carbons (Fsp3) is 0.818. The maximum atomic E-state index is 11.3. The smallest absolute Gasteiger partial charge is 0.316 e. The lowest BCUT2D eigenvalue weighted by atomic mass is 10.0. The van der Waals surface area contributed by atoms with E-state index in [0.717, 1.165) is 19.3 Å². The molecule has 0 amide bonds. The van der Waals surface area contributed by atoms with Gasteiger partial charge in [-0.1, -0.05) is 20.3 Å². The van der Waals surface area contributed by atoms with Crippen molar-refractivity contribution in [3.63, 3.8) is 0 Å². The molecule has 0 aromatic carbocycles. The van der Waals surface area contributed by atoms with Gasteiger partial charge in [-0.2, -0.15) is 0 Å². The van der Waals surface area contributed by atoms with Gasteiger partial charge in [-0.3, -0.25) is 9.59 Å². The molecule has 0 bridgehead atoms. The highest BCUT2D eigenvalue weighted by molar-refractivity contribution is 5.98. The van der Waals surface area contributed by atoms with Crippen LogP contribution in [0.25, 0.3) is 0 Å². The fourth-order valence-electron chi connectivity index (χ4n) is 1.04. The Morgan fingerprint density at radius 1 is 1.21 bits per heavy atom. The summed E-state index contributed by atoms with van der Waals surface area (Å²) in [5, 5.41) is 0. The third-order valence-electron chi connectivity index (χ3n) is 2.08. The van der Waals surface area contributed by atoms with E-state index in [1.54, 1.807) is 6.92 Å². The number of ether oxygens (including phenoxy) is 1. The van der Waals surface area contributed by atoms with Crippen molar-refractivity contribution in [2.45, 2.75) is 46.5 Å². The molecular weight excluding hydrogens is 180 g/mol. The Bertz CT molecular complexity index is 187. The van der Waals surface area contributed by atoms with Crippen molar-refractivity contribution in [2.75, 3.05) is 6.61 Å². The Kier molecular flexibility index (Phi) is 7.07. The van der Waals surface area contributed by atoms with Crippen LogP contribution in [0.2, 0.25) is 0 Å². The van der Waals surface area contributed by atoms with Gasteiger partial charge in [0.2, 0.25) is 0 Å². The first kappa shape index (κ1) is 13.1. The molecule has 0 aliphatic carbocycles. The third kappa shape index (κ3) is 5.00. The van der Waals surface area contributed by atoms with E-state index in [0.29, 0.717) is 13.0 Å². The second kappa shape index (κ2) is 7.54. The molecule has 3 nitrogen and oxygen atoms in total. The van der Waals surface area contributed by atoms with E-state index in [-0.39, 0.29) is 11.8 Å². The molecule has 0 aromatic rings. The summed E-state index contributed by atoms with van der Waals surface area (Å²) in [7, 11) is 0. The largest absolute Gasteiger partial charge is 0.465 e. The van der Waals surface area contributed by atoms with Gasteiger partial charge in [0.05, 0.1) is 6.61 Å². The molecule has 0 aromatic heterocycles. The van der Waals surface area contributed by atoms with Crippen LogP contribution in [0.1, 0.15) is 46.5 Å². The monoisotopic (exact) mass is 200 g/mol. The van der Waals surface area contributed by atoms with Gasteiger partial charge in [0.15, 0.2) is 0 Å². The molecule has 0 spiro atoms. The third-order valence-corrected chi connectivity index (χ3v) is 2.08. The molecule has 0 saturated heterocycles. The molecule has 0 heterocycles. The van der Waals surface area contributed by atoms with E-state index in [2.05, 4.69) is 0 Å². The van der Waals surface area contributed by atoms with E-state index in [9.17, 15) is 9.59 Å². The van der Waals surface area contributed by atoms with E-state index in [1.807, 2.05) is 13.8 Å². The Balaban J connectivity index is 3.80. The number of esters is 1. The zero-order valence-electron chi connectivity index (χ0n) is 9.34. The van der Waals surface area contributed by atoms with Crippen LogP contribution in [0.5, 0.6) is 0 Å². The predicted molar refractivity (Wildman–Crippen MR) is 54.9 cm³/mol. The summed E-state index contributed by atoms with van der Waals surface area (Å²) < 4.78 is 4.95. The number of unbranched alkanes of at least 4 members (excludes halogenated alkanes) is 1. The van der Waals surface area contributed by atoms with Crippen LogP contribution in [0, 0.1) is 5.92 Å². The summed E-state index contributed by atoms with van der Waals surface area (Å²) in [4.78, 5) is 22.6. The summed E-state index contributed by atoms with van der Waals surface area (Å²) in [6, 6.07) is 0. The van der Waals surface area contributed by atoms with Gasteiger partial charge < -0.3 is 4.74 Å².